The normalized spacial score (nSPS) is 11.8. The highest BCUT2D eigenvalue weighted by molar-refractivity contribution is 5.94. The van der Waals surface area contributed by atoms with Crippen LogP contribution in [-0.4, -0.2) is 35.0 Å². The second-order valence-corrected chi connectivity index (χ2v) is 5.49. The molecule has 0 saturated heterocycles. The minimum Gasteiger partial charge on any atom is -0.483 e. The van der Waals surface area contributed by atoms with Gasteiger partial charge in [-0.2, -0.15) is 0 Å². The van der Waals surface area contributed by atoms with E-state index in [0.29, 0.717) is 5.75 Å². The van der Waals surface area contributed by atoms with Crippen LogP contribution < -0.4 is 10.1 Å². The topological polar surface area (TPSA) is 104 Å². The van der Waals surface area contributed by atoms with Gasteiger partial charge >= 0.3 is 5.97 Å². The summed E-state index contributed by atoms with van der Waals surface area (Å²) in [5, 5.41) is 4.34. The number of nitrogens with one attached hydrogen (secondary N) is 1. The maximum absolute atomic E-state index is 12.0. The number of methoxy groups -OCH3 is 1. The lowest BCUT2D eigenvalue weighted by atomic mass is 10.1. The van der Waals surface area contributed by atoms with Crippen molar-refractivity contribution in [1.29, 1.82) is 0 Å². The van der Waals surface area contributed by atoms with Crippen molar-refractivity contribution in [3.05, 3.63) is 54.5 Å². The highest BCUT2D eigenvalue weighted by Gasteiger charge is 2.19. The van der Waals surface area contributed by atoms with E-state index in [-0.39, 0.29) is 18.2 Å². The number of carbonyl (C=O) groups excluding carboxylic acids is 2. The quantitative estimate of drug-likeness (QED) is 0.675. The highest BCUT2D eigenvalue weighted by atomic mass is 16.5. The third-order valence-corrected chi connectivity index (χ3v) is 3.68. The number of ether oxygens (including phenoxy) is 2. The molecule has 8 nitrogen and oxygen atoms in total. The van der Waals surface area contributed by atoms with E-state index in [9.17, 15) is 9.59 Å². The zero-order valence-corrected chi connectivity index (χ0v) is 14.3. The lowest BCUT2D eigenvalue weighted by Crippen LogP contribution is -2.39. The lowest BCUT2D eigenvalue weighted by molar-refractivity contribution is -0.142. The van der Waals surface area contributed by atoms with E-state index in [4.69, 9.17) is 9.15 Å². The Kier molecular flexibility index (Phi) is 5.12. The van der Waals surface area contributed by atoms with Crippen molar-refractivity contribution in [2.45, 2.75) is 19.6 Å². The van der Waals surface area contributed by atoms with E-state index in [2.05, 4.69) is 20.0 Å². The second kappa shape index (κ2) is 7.64. The SMILES string of the molecule is COC(=O)[C@@H](C)NC(=O)c1coc(COc2cccc3cnccc23)n1. The smallest absolute Gasteiger partial charge is 0.328 e. The molecule has 0 fully saturated rings. The third kappa shape index (κ3) is 3.80. The van der Waals surface area contributed by atoms with Crippen LogP contribution in [0, 0.1) is 0 Å². The van der Waals surface area contributed by atoms with E-state index in [1.54, 1.807) is 12.4 Å². The Hall–Kier alpha value is -3.42. The monoisotopic (exact) mass is 355 g/mol. The largest absolute Gasteiger partial charge is 0.483 e. The first-order chi connectivity index (χ1) is 12.6. The Labute approximate surface area is 149 Å². The van der Waals surface area contributed by atoms with E-state index < -0.39 is 17.9 Å². The first-order valence-electron chi connectivity index (χ1n) is 7.87. The Morgan fingerprint density at radius 3 is 2.96 bits per heavy atom. The Morgan fingerprint density at radius 2 is 2.15 bits per heavy atom. The van der Waals surface area contributed by atoms with Crippen LogP contribution in [0.3, 0.4) is 0 Å². The fourth-order valence-corrected chi connectivity index (χ4v) is 2.35. The van der Waals surface area contributed by atoms with Crippen LogP contribution in [-0.2, 0) is 16.1 Å². The van der Waals surface area contributed by atoms with Gasteiger partial charge in [0.05, 0.1) is 7.11 Å². The summed E-state index contributed by atoms with van der Waals surface area (Å²) in [7, 11) is 1.25. The summed E-state index contributed by atoms with van der Waals surface area (Å²) < 4.78 is 15.6. The zero-order valence-electron chi connectivity index (χ0n) is 14.3. The molecule has 1 atom stereocenters. The van der Waals surface area contributed by atoms with Crippen molar-refractivity contribution in [2.24, 2.45) is 0 Å². The molecule has 2 aromatic heterocycles. The molecule has 1 aromatic carbocycles. The number of esters is 1. The first kappa shape index (κ1) is 17.4. The Balaban J connectivity index is 1.65. The number of oxazole rings is 1. The Morgan fingerprint density at radius 1 is 1.31 bits per heavy atom. The molecule has 0 spiro atoms. The fraction of sp³-hybridized carbons (Fsp3) is 0.222. The molecule has 1 N–H and O–H groups in total. The molecule has 3 rings (SSSR count). The molecule has 26 heavy (non-hydrogen) atoms. The van der Waals surface area contributed by atoms with Gasteiger partial charge in [-0.25, -0.2) is 9.78 Å². The van der Waals surface area contributed by atoms with E-state index in [1.807, 2.05) is 24.3 Å². The summed E-state index contributed by atoms with van der Waals surface area (Å²) in [6.07, 6.45) is 4.65. The summed E-state index contributed by atoms with van der Waals surface area (Å²) >= 11 is 0. The van der Waals surface area contributed by atoms with Gasteiger partial charge in [0.2, 0.25) is 5.89 Å². The molecule has 0 saturated carbocycles. The predicted molar refractivity (Wildman–Crippen MR) is 91.5 cm³/mol. The van der Waals surface area contributed by atoms with E-state index >= 15 is 0 Å². The summed E-state index contributed by atoms with van der Waals surface area (Å²) in [6, 6.07) is 6.70. The molecule has 3 aromatic rings. The zero-order chi connectivity index (χ0) is 18.5. The molecule has 0 aliphatic heterocycles. The van der Waals surface area contributed by atoms with Gasteiger partial charge in [-0.1, -0.05) is 12.1 Å². The minimum atomic E-state index is -0.784. The van der Waals surface area contributed by atoms with E-state index in [1.165, 1.54) is 20.3 Å². The summed E-state index contributed by atoms with van der Waals surface area (Å²) in [5.74, 6) is -0.176. The van der Waals surface area contributed by atoms with Gasteiger partial charge in [-0.3, -0.25) is 9.78 Å². The highest BCUT2D eigenvalue weighted by Crippen LogP contribution is 2.25. The maximum atomic E-state index is 12.0. The number of carbonyl (C=O) groups is 2. The number of hydrogen-bond donors (Lipinski definition) is 1. The number of amides is 1. The number of nitrogens with zero attached hydrogens (tertiary/aromatic N) is 2. The number of benzene rings is 1. The Bertz CT molecular complexity index is 932. The van der Waals surface area contributed by atoms with Crippen molar-refractivity contribution >= 4 is 22.6 Å². The maximum Gasteiger partial charge on any atom is 0.328 e. The molecular weight excluding hydrogens is 338 g/mol. The van der Waals surface area contributed by atoms with Gasteiger partial charge < -0.3 is 19.2 Å². The van der Waals surface area contributed by atoms with Crippen molar-refractivity contribution in [3.8, 4) is 5.75 Å². The van der Waals surface area contributed by atoms with Crippen molar-refractivity contribution in [3.63, 3.8) is 0 Å². The molecule has 0 radical (unpaired) electrons. The molecule has 134 valence electrons. The summed E-state index contributed by atoms with van der Waals surface area (Å²) in [5.41, 5.74) is 0.0569. The molecule has 0 aliphatic rings. The van der Waals surface area contributed by atoms with Gasteiger partial charge in [-0.05, 0) is 19.1 Å². The van der Waals surface area contributed by atoms with Crippen molar-refractivity contribution in [2.75, 3.05) is 7.11 Å². The van der Waals surface area contributed by atoms with Gasteiger partial charge in [0.15, 0.2) is 12.3 Å². The van der Waals surface area contributed by atoms with Gasteiger partial charge in [-0.15, -0.1) is 0 Å². The standard InChI is InChI=1S/C18H17N3O5/c1-11(18(23)24-2)20-17(22)14-9-26-16(21-14)10-25-15-5-3-4-12-8-19-7-6-13(12)15/h3-9,11H,10H2,1-2H3,(H,20,22)/t11-/m1/s1. The molecular formula is C18H17N3O5. The van der Waals surface area contributed by atoms with Crippen molar-refractivity contribution in [1.82, 2.24) is 15.3 Å². The number of hydrogen-bond acceptors (Lipinski definition) is 7. The minimum absolute atomic E-state index is 0.0568. The lowest BCUT2D eigenvalue weighted by Gasteiger charge is -2.09. The fourth-order valence-electron chi connectivity index (χ4n) is 2.35. The van der Waals surface area contributed by atoms with Crippen LogP contribution in [0.4, 0.5) is 0 Å². The molecule has 0 aliphatic carbocycles. The number of pyridine rings is 1. The average Bonchev–Trinajstić information content (AvgIpc) is 3.14. The van der Waals surface area contributed by atoms with Crippen LogP contribution >= 0.6 is 0 Å². The second-order valence-electron chi connectivity index (χ2n) is 5.49. The molecule has 0 unspecified atom stereocenters. The molecule has 8 heteroatoms. The molecule has 1 amide bonds. The van der Waals surface area contributed by atoms with Crippen molar-refractivity contribution < 1.29 is 23.5 Å². The number of fused-ring (bicyclic) bond motifs is 1. The number of rotatable bonds is 6. The summed E-state index contributed by atoms with van der Waals surface area (Å²) in [4.78, 5) is 31.5. The van der Waals surface area contributed by atoms with Crippen LogP contribution in [0.2, 0.25) is 0 Å². The van der Waals surface area contributed by atoms with Gasteiger partial charge in [0.1, 0.15) is 18.1 Å². The molecule has 0 bridgehead atoms. The molecule has 2 heterocycles. The van der Waals surface area contributed by atoms with E-state index in [0.717, 1.165) is 10.8 Å². The van der Waals surface area contributed by atoms with Crippen LogP contribution in [0.15, 0.2) is 47.3 Å². The third-order valence-electron chi connectivity index (χ3n) is 3.68. The van der Waals surface area contributed by atoms with Crippen LogP contribution in [0.5, 0.6) is 5.75 Å². The predicted octanol–water partition coefficient (Wildman–Crippen LogP) is 2.09. The van der Waals surface area contributed by atoms with Gasteiger partial charge in [0.25, 0.3) is 5.91 Å². The van der Waals surface area contributed by atoms with Crippen LogP contribution in [0.25, 0.3) is 10.8 Å². The number of aromatic nitrogens is 2. The summed E-state index contributed by atoms with van der Waals surface area (Å²) in [6.45, 7) is 1.57. The average molecular weight is 355 g/mol. The first-order valence-corrected chi connectivity index (χ1v) is 7.87. The van der Waals surface area contributed by atoms with Gasteiger partial charge in [0, 0.05) is 23.2 Å². The van der Waals surface area contributed by atoms with Crippen LogP contribution in [0.1, 0.15) is 23.3 Å².